The molecule has 0 radical (unpaired) electrons. The number of sulfonamides is 1. The van der Waals surface area contributed by atoms with Gasteiger partial charge in [0.1, 0.15) is 11.3 Å². The maximum atomic E-state index is 11.9. The summed E-state index contributed by atoms with van der Waals surface area (Å²) < 4.78 is 25.9. The van der Waals surface area contributed by atoms with Crippen LogP contribution in [0.25, 0.3) is 0 Å². The lowest BCUT2D eigenvalue weighted by Crippen LogP contribution is -2.52. The minimum Gasteiger partial charge on any atom is -0.508 e. The van der Waals surface area contributed by atoms with E-state index in [-0.39, 0.29) is 10.6 Å². The SMILES string of the molecule is CC(C)(NS(=O)(=O)c1ccc(O)cc1)C(N)=O. The van der Waals surface area contributed by atoms with Gasteiger partial charge < -0.3 is 10.8 Å². The van der Waals surface area contributed by atoms with Crippen LogP contribution < -0.4 is 10.5 Å². The van der Waals surface area contributed by atoms with Gasteiger partial charge in [-0.2, -0.15) is 4.72 Å². The Bertz CT molecular complexity index is 520. The van der Waals surface area contributed by atoms with E-state index in [9.17, 15) is 13.2 Å². The van der Waals surface area contributed by atoms with E-state index in [4.69, 9.17) is 10.8 Å². The molecule has 0 unspecified atom stereocenters. The van der Waals surface area contributed by atoms with Crippen molar-refractivity contribution in [3.8, 4) is 5.75 Å². The molecule has 17 heavy (non-hydrogen) atoms. The van der Waals surface area contributed by atoms with Gasteiger partial charge in [-0.15, -0.1) is 0 Å². The molecule has 1 amide bonds. The second-order valence-corrected chi connectivity index (χ2v) is 5.77. The average Bonchev–Trinajstić information content (AvgIpc) is 2.16. The number of nitrogens with one attached hydrogen (secondary N) is 1. The van der Waals surface area contributed by atoms with Crippen LogP contribution in [0.1, 0.15) is 13.8 Å². The number of hydrogen-bond donors (Lipinski definition) is 3. The predicted octanol–water partition coefficient (Wildman–Crippen LogP) is -0.0656. The van der Waals surface area contributed by atoms with Crippen LogP contribution in [0.4, 0.5) is 0 Å². The molecule has 1 rings (SSSR count). The highest BCUT2D eigenvalue weighted by Gasteiger charge is 2.31. The van der Waals surface area contributed by atoms with E-state index in [1.807, 2.05) is 0 Å². The molecular formula is C10H14N2O4S. The monoisotopic (exact) mass is 258 g/mol. The third-order valence-corrected chi connectivity index (χ3v) is 3.82. The Labute approximate surface area is 99.5 Å². The number of amides is 1. The summed E-state index contributed by atoms with van der Waals surface area (Å²) in [6.45, 7) is 2.74. The highest BCUT2D eigenvalue weighted by molar-refractivity contribution is 7.89. The normalized spacial score (nSPS) is 12.4. The van der Waals surface area contributed by atoms with Gasteiger partial charge in [0.15, 0.2) is 0 Å². The molecule has 1 aromatic carbocycles. The Morgan fingerprint density at radius 3 is 2.18 bits per heavy atom. The quantitative estimate of drug-likeness (QED) is 0.702. The summed E-state index contributed by atoms with van der Waals surface area (Å²) in [4.78, 5) is 11.0. The Morgan fingerprint density at radius 1 is 1.29 bits per heavy atom. The molecule has 0 heterocycles. The van der Waals surface area contributed by atoms with Crippen LogP contribution in [0.5, 0.6) is 5.75 Å². The number of benzene rings is 1. The first-order valence-electron chi connectivity index (χ1n) is 4.78. The van der Waals surface area contributed by atoms with Crippen molar-refractivity contribution < 1.29 is 18.3 Å². The third-order valence-electron chi connectivity index (χ3n) is 2.15. The van der Waals surface area contributed by atoms with Gasteiger partial charge in [0, 0.05) is 0 Å². The number of nitrogens with two attached hydrogens (primary N) is 1. The number of primary amides is 1. The highest BCUT2D eigenvalue weighted by Crippen LogP contribution is 2.16. The molecule has 0 atom stereocenters. The van der Waals surface area contributed by atoms with Crippen molar-refractivity contribution >= 4 is 15.9 Å². The molecule has 6 nitrogen and oxygen atoms in total. The number of carbonyl (C=O) groups excluding carboxylic acids is 1. The van der Waals surface area contributed by atoms with Crippen molar-refractivity contribution in [1.82, 2.24) is 4.72 Å². The van der Waals surface area contributed by atoms with Crippen molar-refractivity contribution in [1.29, 1.82) is 0 Å². The van der Waals surface area contributed by atoms with Crippen LogP contribution in [0, 0.1) is 0 Å². The zero-order valence-corrected chi connectivity index (χ0v) is 10.3. The number of hydrogen-bond acceptors (Lipinski definition) is 4. The summed E-state index contributed by atoms with van der Waals surface area (Å²) in [7, 11) is -3.84. The van der Waals surface area contributed by atoms with Crippen LogP contribution in [-0.2, 0) is 14.8 Å². The molecule has 0 saturated heterocycles. The highest BCUT2D eigenvalue weighted by atomic mass is 32.2. The fourth-order valence-electron chi connectivity index (χ4n) is 1.07. The molecule has 4 N–H and O–H groups in total. The molecule has 7 heteroatoms. The smallest absolute Gasteiger partial charge is 0.241 e. The largest absolute Gasteiger partial charge is 0.508 e. The summed E-state index contributed by atoms with van der Waals surface area (Å²) in [5.74, 6) is -0.821. The minimum atomic E-state index is -3.84. The van der Waals surface area contributed by atoms with Crippen LogP contribution in [-0.4, -0.2) is 25.0 Å². The molecule has 0 aliphatic carbocycles. The number of rotatable bonds is 4. The van der Waals surface area contributed by atoms with E-state index in [0.29, 0.717) is 0 Å². The van der Waals surface area contributed by atoms with Gasteiger partial charge in [0.2, 0.25) is 15.9 Å². The van der Waals surface area contributed by atoms with Crippen molar-refractivity contribution in [3.63, 3.8) is 0 Å². The first-order chi connectivity index (χ1) is 7.65. The third kappa shape index (κ3) is 3.18. The molecule has 0 spiro atoms. The fraction of sp³-hybridized carbons (Fsp3) is 0.300. The number of phenols is 1. The zero-order valence-electron chi connectivity index (χ0n) is 9.47. The molecule has 0 bridgehead atoms. The second kappa shape index (κ2) is 4.34. The Kier molecular flexibility index (Phi) is 3.44. The van der Waals surface area contributed by atoms with E-state index < -0.39 is 21.5 Å². The maximum absolute atomic E-state index is 11.9. The Hall–Kier alpha value is -1.60. The summed E-state index contributed by atoms with van der Waals surface area (Å²) in [5, 5.41) is 9.05. The van der Waals surface area contributed by atoms with E-state index in [1.54, 1.807) is 0 Å². The van der Waals surface area contributed by atoms with Crippen LogP contribution >= 0.6 is 0 Å². The van der Waals surface area contributed by atoms with E-state index in [0.717, 1.165) is 0 Å². The second-order valence-electron chi connectivity index (χ2n) is 4.09. The molecule has 1 aromatic rings. The lowest BCUT2D eigenvalue weighted by atomic mass is 10.1. The Balaban J connectivity index is 3.05. The predicted molar refractivity (Wildman–Crippen MR) is 61.7 cm³/mol. The van der Waals surface area contributed by atoms with Gasteiger partial charge in [-0.05, 0) is 38.1 Å². The number of phenolic OH excluding ortho intramolecular Hbond substituents is 1. The first-order valence-corrected chi connectivity index (χ1v) is 6.26. The molecule has 0 saturated carbocycles. The molecule has 94 valence electrons. The van der Waals surface area contributed by atoms with Crippen molar-refractivity contribution in [2.45, 2.75) is 24.3 Å². The van der Waals surface area contributed by atoms with E-state index in [1.165, 1.54) is 38.1 Å². The van der Waals surface area contributed by atoms with Gasteiger partial charge in [-0.3, -0.25) is 4.79 Å². The van der Waals surface area contributed by atoms with Gasteiger partial charge in [-0.25, -0.2) is 8.42 Å². The molecule has 0 fully saturated rings. The van der Waals surface area contributed by atoms with Crippen molar-refractivity contribution in [2.24, 2.45) is 5.73 Å². The Morgan fingerprint density at radius 2 is 1.76 bits per heavy atom. The summed E-state index contributed by atoms with van der Waals surface area (Å²) in [6, 6.07) is 4.95. The number of aromatic hydroxyl groups is 1. The average molecular weight is 258 g/mol. The van der Waals surface area contributed by atoms with Gasteiger partial charge >= 0.3 is 0 Å². The minimum absolute atomic E-state index is 0.0434. The summed E-state index contributed by atoms with van der Waals surface area (Å²) >= 11 is 0. The van der Waals surface area contributed by atoms with Crippen molar-refractivity contribution in [2.75, 3.05) is 0 Å². The van der Waals surface area contributed by atoms with Crippen molar-refractivity contribution in [3.05, 3.63) is 24.3 Å². The first kappa shape index (κ1) is 13.5. The molecule has 0 aliphatic heterocycles. The molecule has 0 aliphatic rings. The summed E-state index contributed by atoms with van der Waals surface area (Å²) in [5.41, 5.74) is 3.70. The maximum Gasteiger partial charge on any atom is 0.241 e. The van der Waals surface area contributed by atoms with Gasteiger partial charge in [0.05, 0.1) is 4.90 Å². The van der Waals surface area contributed by atoms with Crippen LogP contribution in [0.3, 0.4) is 0 Å². The fourth-order valence-corrected chi connectivity index (χ4v) is 2.46. The zero-order chi connectivity index (χ0) is 13.3. The number of carbonyl (C=O) groups is 1. The van der Waals surface area contributed by atoms with Gasteiger partial charge in [-0.1, -0.05) is 0 Å². The molecule has 0 aromatic heterocycles. The standard InChI is InChI=1S/C10H14N2O4S/c1-10(2,9(11)14)12-17(15,16)8-5-3-7(13)4-6-8/h3-6,12-13H,1-2H3,(H2,11,14). The topological polar surface area (TPSA) is 109 Å². The van der Waals surface area contributed by atoms with E-state index >= 15 is 0 Å². The van der Waals surface area contributed by atoms with Crippen LogP contribution in [0.2, 0.25) is 0 Å². The molecular weight excluding hydrogens is 244 g/mol. The van der Waals surface area contributed by atoms with E-state index in [2.05, 4.69) is 4.72 Å². The summed E-state index contributed by atoms with van der Waals surface area (Å²) in [6.07, 6.45) is 0. The van der Waals surface area contributed by atoms with Crippen LogP contribution in [0.15, 0.2) is 29.2 Å². The van der Waals surface area contributed by atoms with Gasteiger partial charge in [0.25, 0.3) is 0 Å². The lowest BCUT2D eigenvalue weighted by molar-refractivity contribution is -0.122. The lowest BCUT2D eigenvalue weighted by Gasteiger charge is -2.21.